The number of carbonyl (C=O) groups is 1. The number of benzene rings is 2. The molecule has 0 saturated carbocycles. The van der Waals surface area contributed by atoms with Crippen LogP contribution in [-0.2, 0) is 4.79 Å². The fourth-order valence-corrected chi connectivity index (χ4v) is 2.42. The van der Waals surface area contributed by atoms with Gasteiger partial charge in [0.25, 0.3) is 0 Å². The molecule has 0 unspecified atom stereocenters. The maximum atomic E-state index is 11.0. The summed E-state index contributed by atoms with van der Waals surface area (Å²) in [7, 11) is 0. The highest BCUT2D eigenvalue weighted by atomic mass is 16.1. The lowest BCUT2D eigenvalue weighted by Gasteiger charge is -2.02. The highest BCUT2D eigenvalue weighted by Crippen LogP contribution is 2.16. The van der Waals surface area contributed by atoms with Crippen molar-refractivity contribution in [2.45, 2.75) is 13.8 Å². The van der Waals surface area contributed by atoms with E-state index in [-0.39, 0.29) is 5.91 Å². The van der Waals surface area contributed by atoms with E-state index in [0.717, 1.165) is 27.8 Å². The monoisotopic (exact) mass is 302 g/mol. The third-order valence-corrected chi connectivity index (χ3v) is 3.54. The van der Waals surface area contributed by atoms with Gasteiger partial charge in [0.2, 0.25) is 5.91 Å². The molecule has 1 N–H and O–H groups in total. The minimum absolute atomic E-state index is 0.0658. The Bertz CT molecular complexity index is 880. The van der Waals surface area contributed by atoms with Gasteiger partial charge in [-0.05, 0) is 48.9 Å². The van der Waals surface area contributed by atoms with Gasteiger partial charge in [-0.3, -0.25) is 4.79 Å². The zero-order valence-corrected chi connectivity index (χ0v) is 13.2. The van der Waals surface area contributed by atoms with Crippen LogP contribution in [0.2, 0.25) is 0 Å². The first kappa shape index (κ1) is 15.0. The maximum Gasteiger partial charge on any atom is 0.221 e. The minimum atomic E-state index is -0.0658. The van der Waals surface area contributed by atoms with Gasteiger partial charge >= 0.3 is 0 Å². The number of fused-ring (bicyclic) bond motifs is 1. The number of rotatable bonds is 3. The molecule has 0 bridgehead atoms. The van der Waals surface area contributed by atoms with Crippen LogP contribution in [0.3, 0.4) is 0 Å². The number of aromatic nitrogens is 1. The summed E-state index contributed by atoms with van der Waals surface area (Å²) in [5.41, 5.74) is 5.02. The number of hydrogen-bond acceptors (Lipinski definition) is 2. The molecule has 0 atom stereocenters. The summed E-state index contributed by atoms with van der Waals surface area (Å²) in [6.07, 6.45) is 4.01. The molecular formula is C20H18N2O. The summed E-state index contributed by atoms with van der Waals surface area (Å²) in [6, 6.07) is 18.1. The first-order valence-corrected chi connectivity index (χ1v) is 7.53. The van der Waals surface area contributed by atoms with E-state index in [1.165, 1.54) is 12.5 Å². The standard InChI is InChI=1S/C20H18N2O/c1-14-3-12-20-17(13-14)7-11-19(22-20)10-6-16-4-8-18(9-5-16)21-15(2)23/h3-13H,1-2H3,(H,21,23). The van der Waals surface area contributed by atoms with E-state index in [1.54, 1.807) is 0 Å². The number of nitrogens with zero attached hydrogens (tertiary/aromatic N) is 1. The van der Waals surface area contributed by atoms with E-state index < -0.39 is 0 Å². The van der Waals surface area contributed by atoms with Gasteiger partial charge in [0.15, 0.2) is 0 Å². The largest absolute Gasteiger partial charge is 0.326 e. The van der Waals surface area contributed by atoms with Gasteiger partial charge in [-0.15, -0.1) is 0 Å². The van der Waals surface area contributed by atoms with Crippen molar-refractivity contribution in [3.63, 3.8) is 0 Å². The molecular weight excluding hydrogens is 284 g/mol. The van der Waals surface area contributed by atoms with Crippen molar-refractivity contribution in [3.8, 4) is 0 Å². The van der Waals surface area contributed by atoms with Crippen molar-refractivity contribution in [3.05, 3.63) is 71.4 Å². The SMILES string of the molecule is CC(=O)Nc1ccc(C=Cc2ccc3cc(C)ccc3n2)cc1. The van der Waals surface area contributed by atoms with Crippen molar-refractivity contribution in [2.24, 2.45) is 0 Å². The van der Waals surface area contributed by atoms with Gasteiger partial charge in [-0.25, -0.2) is 4.98 Å². The fourth-order valence-electron chi connectivity index (χ4n) is 2.42. The van der Waals surface area contributed by atoms with Crippen LogP contribution < -0.4 is 5.32 Å². The Morgan fingerprint density at radius 3 is 2.52 bits per heavy atom. The molecule has 3 nitrogen and oxygen atoms in total. The predicted octanol–water partition coefficient (Wildman–Crippen LogP) is 4.67. The van der Waals surface area contributed by atoms with Crippen molar-refractivity contribution in [2.75, 3.05) is 5.32 Å². The molecule has 1 aromatic heterocycles. The lowest BCUT2D eigenvalue weighted by atomic mass is 10.1. The summed E-state index contributed by atoms with van der Waals surface area (Å²) in [4.78, 5) is 15.6. The molecule has 0 spiro atoms. The van der Waals surface area contributed by atoms with E-state index in [2.05, 4.69) is 35.4 Å². The Kier molecular flexibility index (Phi) is 4.20. The van der Waals surface area contributed by atoms with Gasteiger partial charge < -0.3 is 5.32 Å². The van der Waals surface area contributed by atoms with Crippen LogP contribution >= 0.6 is 0 Å². The zero-order chi connectivity index (χ0) is 16.2. The van der Waals surface area contributed by atoms with Crippen molar-refractivity contribution in [1.29, 1.82) is 0 Å². The molecule has 1 amide bonds. The summed E-state index contributed by atoms with van der Waals surface area (Å²) < 4.78 is 0. The van der Waals surface area contributed by atoms with Gasteiger partial charge in [0, 0.05) is 18.0 Å². The molecule has 3 heteroatoms. The van der Waals surface area contributed by atoms with E-state index >= 15 is 0 Å². The number of aryl methyl sites for hydroxylation is 1. The average Bonchev–Trinajstić information content (AvgIpc) is 2.53. The van der Waals surface area contributed by atoms with Crippen molar-refractivity contribution < 1.29 is 4.79 Å². The van der Waals surface area contributed by atoms with E-state index in [0.29, 0.717) is 0 Å². The second-order valence-electron chi connectivity index (χ2n) is 5.57. The summed E-state index contributed by atoms with van der Waals surface area (Å²) >= 11 is 0. The van der Waals surface area contributed by atoms with Crippen LogP contribution in [0.15, 0.2) is 54.6 Å². The van der Waals surface area contributed by atoms with Crippen LogP contribution in [-0.4, -0.2) is 10.9 Å². The Labute approximate surface area is 135 Å². The molecule has 3 rings (SSSR count). The molecule has 0 radical (unpaired) electrons. The number of hydrogen-bond donors (Lipinski definition) is 1. The van der Waals surface area contributed by atoms with Crippen LogP contribution in [0.5, 0.6) is 0 Å². The van der Waals surface area contributed by atoms with E-state index in [9.17, 15) is 4.79 Å². The molecule has 0 aliphatic heterocycles. The molecule has 3 aromatic rings. The molecule has 23 heavy (non-hydrogen) atoms. The summed E-state index contributed by atoms with van der Waals surface area (Å²) in [5.74, 6) is -0.0658. The van der Waals surface area contributed by atoms with E-state index in [1.807, 2.05) is 48.6 Å². The van der Waals surface area contributed by atoms with Gasteiger partial charge in [-0.2, -0.15) is 0 Å². The molecule has 0 aliphatic carbocycles. The van der Waals surface area contributed by atoms with Crippen molar-refractivity contribution >= 4 is 34.6 Å². The Morgan fingerprint density at radius 1 is 1.00 bits per heavy atom. The van der Waals surface area contributed by atoms with Gasteiger partial charge in [-0.1, -0.05) is 35.9 Å². The number of anilines is 1. The first-order chi connectivity index (χ1) is 11.1. The normalized spacial score (nSPS) is 11.0. The third-order valence-electron chi connectivity index (χ3n) is 3.54. The van der Waals surface area contributed by atoms with Crippen LogP contribution in [0.1, 0.15) is 23.7 Å². The Hall–Kier alpha value is -2.94. The lowest BCUT2D eigenvalue weighted by molar-refractivity contribution is -0.114. The predicted molar refractivity (Wildman–Crippen MR) is 96.2 cm³/mol. The number of amides is 1. The second kappa shape index (κ2) is 6.44. The highest BCUT2D eigenvalue weighted by molar-refractivity contribution is 5.88. The topological polar surface area (TPSA) is 42.0 Å². The zero-order valence-electron chi connectivity index (χ0n) is 13.2. The minimum Gasteiger partial charge on any atom is -0.326 e. The summed E-state index contributed by atoms with van der Waals surface area (Å²) in [6.45, 7) is 3.58. The number of nitrogens with one attached hydrogen (secondary N) is 1. The van der Waals surface area contributed by atoms with Crippen molar-refractivity contribution in [1.82, 2.24) is 4.98 Å². The van der Waals surface area contributed by atoms with Crippen LogP contribution in [0.4, 0.5) is 5.69 Å². The third kappa shape index (κ3) is 3.83. The van der Waals surface area contributed by atoms with Gasteiger partial charge in [0.1, 0.15) is 0 Å². The molecule has 1 heterocycles. The van der Waals surface area contributed by atoms with Gasteiger partial charge in [0.05, 0.1) is 11.2 Å². The quantitative estimate of drug-likeness (QED) is 0.763. The highest BCUT2D eigenvalue weighted by Gasteiger charge is 1.97. The second-order valence-corrected chi connectivity index (χ2v) is 5.57. The molecule has 0 aliphatic rings. The molecule has 114 valence electrons. The molecule has 2 aromatic carbocycles. The average molecular weight is 302 g/mol. The van der Waals surface area contributed by atoms with Crippen LogP contribution in [0, 0.1) is 6.92 Å². The molecule has 0 fully saturated rings. The maximum absolute atomic E-state index is 11.0. The summed E-state index contributed by atoms with van der Waals surface area (Å²) in [5, 5.41) is 3.91. The smallest absolute Gasteiger partial charge is 0.221 e. The Balaban J connectivity index is 1.79. The Morgan fingerprint density at radius 2 is 1.78 bits per heavy atom. The van der Waals surface area contributed by atoms with Crippen LogP contribution in [0.25, 0.3) is 23.1 Å². The van der Waals surface area contributed by atoms with E-state index in [4.69, 9.17) is 0 Å². The molecule has 0 saturated heterocycles. The fraction of sp³-hybridized carbons (Fsp3) is 0.100. The first-order valence-electron chi connectivity index (χ1n) is 7.53. The number of pyridine rings is 1. The lowest BCUT2D eigenvalue weighted by Crippen LogP contribution is -2.05. The number of carbonyl (C=O) groups excluding carboxylic acids is 1.